The van der Waals surface area contributed by atoms with Crippen molar-refractivity contribution in [2.45, 2.75) is 31.6 Å². The Balaban J connectivity index is 1.70. The summed E-state index contributed by atoms with van der Waals surface area (Å²) in [5.74, 6) is 1.78. The third-order valence-electron chi connectivity index (χ3n) is 4.60. The van der Waals surface area contributed by atoms with Crippen LogP contribution in [0.25, 0.3) is 0 Å². The van der Waals surface area contributed by atoms with Gasteiger partial charge in [0.15, 0.2) is 16.8 Å². The van der Waals surface area contributed by atoms with E-state index in [1.54, 1.807) is 31.4 Å². The van der Waals surface area contributed by atoms with E-state index in [9.17, 15) is 4.79 Å². The molecule has 0 radical (unpaired) electrons. The van der Waals surface area contributed by atoms with Crippen LogP contribution in [-0.4, -0.2) is 33.4 Å². The minimum Gasteiger partial charge on any atom is -0.495 e. The molecular formula is C22H23N5O2S. The standard InChI is InChI=1S/C22H23N5O2S/c1-4-27-21(15(2)24-18-7-5-6-8-20(18)29-3)25-26-22(27)30-14-19(28)17-11-9-16(13-23)10-12-17/h5-12,15,24H,4,14H2,1-3H3/t15-/m1/s1. The van der Waals surface area contributed by atoms with Gasteiger partial charge in [-0.15, -0.1) is 10.2 Å². The van der Waals surface area contributed by atoms with E-state index in [2.05, 4.69) is 21.6 Å². The van der Waals surface area contributed by atoms with Crippen LogP contribution in [0.4, 0.5) is 5.69 Å². The highest BCUT2D eigenvalue weighted by Crippen LogP contribution is 2.28. The van der Waals surface area contributed by atoms with Crippen molar-refractivity contribution in [1.29, 1.82) is 5.26 Å². The first-order valence-electron chi connectivity index (χ1n) is 9.56. The predicted molar refractivity (Wildman–Crippen MR) is 117 cm³/mol. The van der Waals surface area contributed by atoms with Crippen LogP contribution in [0.5, 0.6) is 5.75 Å². The van der Waals surface area contributed by atoms with Gasteiger partial charge >= 0.3 is 0 Å². The number of rotatable bonds is 9. The number of aromatic nitrogens is 3. The topological polar surface area (TPSA) is 92.8 Å². The monoisotopic (exact) mass is 421 g/mol. The van der Waals surface area contributed by atoms with Crippen molar-refractivity contribution >= 4 is 23.2 Å². The molecule has 1 atom stereocenters. The molecule has 3 aromatic rings. The van der Waals surface area contributed by atoms with Gasteiger partial charge in [0.25, 0.3) is 0 Å². The Kier molecular flexibility index (Phi) is 7.09. The zero-order valence-corrected chi connectivity index (χ0v) is 17.9. The predicted octanol–water partition coefficient (Wildman–Crippen LogP) is 4.33. The van der Waals surface area contributed by atoms with Crippen molar-refractivity contribution in [2.24, 2.45) is 0 Å². The molecule has 0 fully saturated rings. The maximum Gasteiger partial charge on any atom is 0.191 e. The summed E-state index contributed by atoms with van der Waals surface area (Å²) in [4.78, 5) is 12.5. The normalized spacial score (nSPS) is 11.5. The van der Waals surface area contributed by atoms with E-state index in [1.807, 2.05) is 42.7 Å². The van der Waals surface area contributed by atoms with E-state index in [0.717, 1.165) is 17.3 Å². The molecular weight excluding hydrogens is 398 g/mol. The first-order valence-corrected chi connectivity index (χ1v) is 10.5. The van der Waals surface area contributed by atoms with Crippen LogP contribution in [0.3, 0.4) is 0 Å². The summed E-state index contributed by atoms with van der Waals surface area (Å²) in [6, 6.07) is 16.3. The summed E-state index contributed by atoms with van der Waals surface area (Å²) in [5, 5.41) is 21.6. The Morgan fingerprint density at radius 1 is 1.23 bits per heavy atom. The average molecular weight is 422 g/mol. The molecule has 0 spiro atoms. The number of hydrogen-bond donors (Lipinski definition) is 1. The number of methoxy groups -OCH3 is 1. The van der Waals surface area contributed by atoms with Crippen LogP contribution in [0.15, 0.2) is 53.7 Å². The summed E-state index contributed by atoms with van der Waals surface area (Å²) in [7, 11) is 1.64. The summed E-state index contributed by atoms with van der Waals surface area (Å²) in [6.07, 6.45) is 0. The van der Waals surface area contributed by atoms with E-state index in [4.69, 9.17) is 10.00 Å². The van der Waals surface area contributed by atoms with E-state index < -0.39 is 0 Å². The molecule has 7 nitrogen and oxygen atoms in total. The molecule has 1 heterocycles. The van der Waals surface area contributed by atoms with Crippen molar-refractivity contribution in [3.05, 3.63) is 65.5 Å². The minimum absolute atomic E-state index is 0.0168. The van der Waals surface area contributed by atoms with Crippen LogP contribution in [0.2, 0.25) is 0 Å². The fourth-order valence-corrected chi connectivity index (χ4v) is 3.93. The number of nitrogens with one attached hydrogen (secondary N) is 1. The second-order valence-corrected chi connectivity index (χ2v) is 7.49. The maximum atomic E-state index is 12.5. The first kappa shape index (κ1) is 21.4. The Hall–Kier alpha value is -3.31. The van der Waals surface area contributed by atoms with Crippen molar-refractivity contribution in [3.8, 4) is 11.8 Å². The van der Waals surface area contributed by atoms with Crippen molar-refractivity contribution < 1.29 is 9.53 Å². The van der Waals surface area contributed by atoms with Gasteiger partial charge in [-0.25, -0.2) is 0 Å². The van der Waals surface area contributed by atoms with Gasteiger partial charge in [0.1, 0.15) is 5.75 Å². The molecule has 0 unspecified atom stereocenters. The Morgan fingerprint density at radius 3 is 2.63 bits per heavy atom. The molecule has 3 rings (SSSR count). The molecule has 1 aromatic heterocycles. The number of ether oxygens (including phenoxy) is 1. The smallest absolute Gasteiger partial charge is 0.191 e. The number of carbonyl (C=O) groups is 1. The van der Waals surface area contributed by atoms with Gasteiger partial charge < -0.3 is 14.6 Å². The molecule has 154 valence electrons. The minimum atomic E-state index is -0.0997. The molecule has 8 heteroatoms. The Bertz CT molecular complexity index is 1060. The number of hydrogen-bond acceptors (Lipinski definition) is 7. The van der Waals surface area contributed by atoms with Gasteiger partial charge in [-0.3, -0.25) is 4.79 Å². The van der Waals surface area contributed by atoms with Gasteiger partial charge in [0.05, 0.1) is 36.2 Å². The third-order valence-corrected chi connectivity index (χ3v) is 5.56. The molecule has 0 bridgehead atoms. The molecule has 2 aromatic carbocycles. The van der Waals surface area contributed by atoms with Gasteiger partial charge in [0, 0.05) is 12.1 Å². The summed E-state index contributed by atoms with van der Waals surface area (Å²) in [5.41, 5.74) is 1.99. The number of nitriles is 1. The number of thioether (sulfide) groups is 1. The molecule has 0 aliphatic rings. The lowest BCUT2D eigenvalue weighted by Crippen LogP contribution is -2.14. The van der Waals surface area contributed by atoms with Crippen molar-refractivity contribution in [1.82, 2.24) is 14.8 Å². The Morgan fingerprint density at radius 2 is 1.97 bits per heavy atom. The lowest BCUT2D eigenvalue weighted by Gasteiger charge is -2.18. The average Bonchev–Trinajstić information content (AvgIpc) is 3.21. The summed E-state index contributed by atoms with van der Waals surface area (Å²) >= 11 is 1.36. The van der Waals surface area contributed by atoms with Crippen LogP contribution in [-0.2, 0) is 6.54 Å². The maximum absolute atomic E-state index is 12.5. The number of Topliss-reactive ketones (excluding diaryl/α,β-unsaturated/α-hetero) is 1. The van der Waals surface area contributed by atoms with Crippen LogP contribution >= 0.6 is 11.8 Å². The number of para-hydroxylation sites is 2. The highest BCUT2D eigenvalue weighted by Gasteiger charge is 2.19. The number of carbonyl (C=O) groups excluding carboxylic acids is 1. The molecule has 0 saturated carbocycles. The highest BCUT2D eigenvalue weighted by molar-refractivity contribution is 7.99. The van der Waals surface area contributed by atoms with Crippen molar-refractivity contribution in [3.63, 3.8) is 0 Å². The zero-order chi connectivity index (χ0) is 21.5. The number of ketones is 1. The first-order chi connectivity index (χ1) is 14.6. The van der Waals surface area contributed by atoms with E-state index >= 15 is 0 Å². The number of nitrogens with zero attached hydrogens (tertiary/aromatic N) is 4. The second-order valence-electron chi connectivity index (χ2n) is 6.55. The van der Waals surface area contributed by atoms with E-state index in [0.29, 0.717) is 22.8 Å². The van der Waals surface area contributed by atoms with E-state index in [1.165, 1.54) is 11.8 Å². The van der Waals surface area contributed by atoms with Gasteiger partial charge in [0.2, 0.25) is 0 Å². The van der Waals surface area contributed by atoms with Crippen LogP contribution in [0.1, 0.15) is 41.6 Å². The molecule has 0 aliphatic heterocycles. The lowest BCUT2D eigenvalue weighted by molar-refractivity contribution is 0.102. The zero-order valence-electron chi connectivity index (χ0n) is 17.1. The van der Waals surface area contributed by atoms with Crippen molar-refractivity contribution in [2.75, 3.05) is 18.2 Å². The van der Waals surface area contributed by atoms with Gasteiger partial charge in [-0.05, 0) is 38.1 Å². The molecule has 30 heavy (non-hydrogen) atoms. The summed E-state index contributed by atoms with van der Waals surface area (Å²) in [6.45, 7) is 4.72. The molecule has 1 N–H and O–H groups in total. The Labute approximate surface area is 180 Å². The third kappa shape index (κ3) is 4.81. The highest BCUT2D eigenvalue weighted by atomic mass is 32.2. The lowest BCUT2D eigenvalue weighted by atomic mass is 10.1. The quantitative estimate of drug-likeness (QED) is 0.406. The second kappa shape index (κ2) is 9.94. The molecule has 0 aliphatic carbocycles. The molecule has 0 amide bonds. The van der Waals surface area contributed by atoms with Gasteiger partial charge in [-0.2, -0.15) is 5.26 Å². The van der Waals surface area contributed by atoms with Crippen LogP contribution < -0.4 is 10.1 Å². The van der Waals surface area contributed by atoms with Crippen LogP contribution in [0, 0.1) is 11.3 Å². The summed E-state index contributed by atoms with van der Waals surface area (Å²) < 4.78 is 7.40. The number of anilines is 1. The largest absolute Gasteiger partial charge is 0.495 e. The fraction of sp³-hybridized carbons (Fsp3) is 0.273. The fourth-order valence-electron chi connectivity index (χ4n) is 3.03. The molecule has 0 saturated heterocycles. The number of benzene rings is 2. The van der Waals surface area contributed by atoms with E-state index in [-0.39, 0.29) is 17.6 Å². The SMILES string of the molecule is CCn1c(SCC(=O)c2ccc(C#N)cc2)nnc1[C@@H](C)Nc1ccccc1OC. The van der Waals surface area contributed by atoms with Gasteiger partial charge in [-0.1, -0.05) is 36.0 Å².